The Bertz CT molecular complexity index is 1570. The molecule has 0 N–H and O–H groups in total. The second kappa shape index (κ2) is 46.7. The third-order valence-electron chi connectivity index (χ3n) is 20.2. The Labute approximate surface area is 665 Å². The average Bonchev–Trinajstić information content (AvgIpc) is 3.36. The highest BCUT2D eigenvalue weighted by Gasteiger charge is 2.68. The quantitative estimate of drug-likeness (QED) is 0.0533. The summed E-state index contributed by atoms with van der Waals surface area (Å²) in [6.45, 7) is 0. The summed E-state index contributed by atoms with van der Waals surface area (Å²) in [5.74, 6) is 0. The molecule has 0 unspecified atom stereocenters. The summed E-state index contributed by atoms with van der Waals surface area (Å²) in [6, 6.07) is 0. The van der Waals surface area contributed by atoms with Crippen LogP contribution in [0.4, 0.5) is 0 Å². The van der Waals surface area contributed by atoms with E-state index in [9.17, 15) is 0 Å². The highest BCUT2D eigenvalue weighted by Crippen LogP contribution is 2.30. The SMILES string of the molecule is [B]B([B])B(B([B])[B])B(B(B([B])[B])B([B])[B])B(B(B(B([B])[B])B([B])[B])B(B([B])[B])B([B])[B])B(B(B(B(B([B])[B])B([B])[B])B(B([B])[B])B([B])[B])B(B(B([B])[B])B([B])[B])B(B([B])[B])B([B])[B])B(B(B(B([B])[B])B([B])[B])B(B([B])[B])B([B])[B])B(B(B([B])[B])B([B])[B])B(B([B])[B])B([B])[B][B-]. The van der Waals surface area contributed by atoms with Crippen molar-refractivity contribution in [2.75, 3.05) is 0 Å². The molecule has 0 aromatic rings. The van der Waals surface area contributed by atoms with Gasteiger partial charge in [-0.15, -0.1) is 0 Å². The molecule has 0 bridgehead atoms. The van der Waals surface area contributed by atoms with E-state index in [1.165, 1.54) is 0 Å². The minimum Gasteiger partial charge on any atom is -0.690 e. The molecule has 0 aliphatic rings. The number of hydrogen-bond acceptors (Lipinski definition) is 0. The van der Waals surface area contributed by atoms with Gasteiger partial charge in [0, 0.05) is 350 Å². The summed E-state index contributed by atoms with van der Waals surface area (Å²) in [4.78, 5) is 0. The van der Waals surface area contributed by atoms with Gasteiger partial charge in [-0.05, 0) is 308 Å². The van der Waals surface area contributed by atoms with Crippen LogP contribution in [0.1, 0.15) is 0 Å². The molecule has 0 saturated heterocycles. The molecule has 0 aromatic heterocycles. The van der Waals surface area contributed by atoms with E-state index in [2.05, 4.69) is 0 Å². The van der Waals surface area contributed by atoms with Crippen LogP contribution in [-0.2, 0) is 0 Å². The summed E-state index contributed by atoms with van der Waals surface area (Å²) in [6.07, 6.45) is -84.7. The molecule has 98 radical (unpaired) electrons. The van der Waals surface area contributed by atoms with Crippen LogP contribution in [0, 0.1) is 0 Å². The molecule has 0 spiro atoms. The van der Waals surface area contributed by atoms with Gasteiger partial charge in [-0.2, -0.15) is 0 Å². The fraction of sp³-hybridized carbons (Fsp3) is 0. The zero-order chi connectivity index (χ0) is 75.3. The van der Waals surface area contributed by atoms with Crippen LogP contribution in [0.5, 0.6) is 0 Å². The molecular weight excluding hydrogens is 1030 g/mol. The Balaban J connectivity index is 14.3. The lowest BCUT2D eigenvalue weighted by Gasteiger charge is -2.63. The Morgan fingerprint density at radius 2 is 0.168 bits per heavy atom. The van der Waals surface area contributed by atoms with Gasteiger partial charge in [0.2, 0.25) is 0 Å². The van der Waals surface area contributed by atoms with Gasteiger partial charge in [0.15, 0.2) is 0 Å². The molecular formula is B95-. The topological polar surface area (TPSA) is 0 Å². The fourth-order valence-electron chi connectivity index (χ4n) is 17.1. The van der Waals surface area contributed by atoms with Crippen molar-refractivity contribution in [2.45, 2.75) is 0 Å². The van der Waals surface area contributed by atoms with Crippen LogP contribution in [-0.4, -0.2) is 672 Å². The first-order valence-corrected chi connectivity index (χ1v) is 31.3. The van der Waals surface area contributed by atoms with Crippen molar-refractivity contribution in [2.24, 2.45) is 0 Å². The third kappa shape index (κ3) is 27.3. The van der Waals surface area contributed by atoms with Crippen LogP contribution < -0.4 is 0 Å². The summed E-state index contributed by atoms with van der Waals surface area (Å²) in [5, 5.41) is 0. The molecule has 0 nitrogen and oxygen atoms in total. The minimum atomic E-state index is -2.22. The Kier molecular flexibility index (Phi) is 49.8. The summed E-state index contributed by atoms with van der Waals surface area (Å²) < 4.78 is 0. The van der Waals surface area contributed by atoms with Gasteiger partial charge in [0.1, 0.15) is 0 Å². The van der Waals surface area contributed by atoms with Gasteiger partial charge in [-0.25, -0.2) is 0 Å². The van der Waals surface area contributed by atoms with Gasteiger partial charge in [0.05, 0.1) is 0 Å². The molecule has 0 heterocycles. The van der Waals surface area contributed by atoms with Gasteiger partial charge < -0.3 is 7.74 Å². The normalized spacial score (nSPS) is 9.82. The first kappa shape index (κ1) is 101. The fourth-order valence-corrected chi connectivity index (χ4v) is 17.1. The second-order valence-corrected chi connectivity index (χ2v) is 26.8. The highest BCUT2D eigenvalue weighted by molar-refractivity contribution is 8.43. The third-order valence-corrected chi connectivity index (χ3v) is 20.2. The van der Waals surface area contributed by atoms with Crippen molar-refractivity contribution in [3.05, 3.63) is 0 Å². The van der Waals surface area contributed by atoms with E-state index in [0.717, 1.165) is 7.06 Å². The van der Waals surface area contributed by atoms with E-state index in [1.807, 2.05) is 0 Å². The summed E-state index contributed by atoms with van der Waals surface area (Å²) in [7, 11) is 340. The van der Waals surface area contributed by atoms with Crippen molar-refractivity contribution in [1.29, 1.82) is 0 Å². The monoisotopic (exact) mass is 1050 g/mol. The second-order valence-electron chi connectivity index (χ2n) is 26.8. The van der Waals surface area contributed by atoms with Crippen molar-refractivity contribution < 1.29 is 0 Å². The standard InChI is InChI=1S/B95/c1-49-73(48)85(72(46)47)91(84(70(42)43)71(44)45)94(90(82(66(34)35)67(36)37)83(68(38)39)69(40)41)95(92(86(74(50(2)3)51(4)5)75(52(6)7)53(8)9)87(76(54(10)11)55(12)13)77(56(14)15)57(16)17)93(88(78(58(18)19)59(20)21)79(60(22)23)61(24)25)89(80(62(26)27)63(28)29)81(64(30)31)65(32)33/q-1. The smallest absolute Gasteiger partial charge is 0 e. The van der Waals surface area contributed by atoms with E-state index in [0.29, 0.717) is 0 Å². The zero-order valence-electron chi connectivity index (χ0n) is 54.8. The molecule has 0 saturated carbocycles. The highest BCUT2D eigenvalue weighted by atomic mass is 13.5. The lowest BCUT2D eigenvalue weighted by atomic mass is 8.18. The average molecular weight is 1030 g/mol. The van der Waals surface area contributed by atoms with Gasteiger partial charge in [-0.1, -0.05) is 0 Å². The lowest BCUT2D eigenvalue weighted by Crippen LogP contribution is -3.01. The largest absolute Gasteiger partial charge is 0.690 e. The number of hydrogen-bond donors (Lipinski definition) is 0. The summed E-state index contributed by atoms with van der Waals surface area (Å²) >= 11 is 0. The molecule has 95 heteroatoms. The van der Waals surface area contributed by atoms with Crippen LogP contribution >= 0.6 is 0 Å². The Morgan fingerprint density at radius 1 is 0.105 bits per heavy atom. The van der Waals surface area contributed by atoms with Crippen molar-refractivity contribution >= 4 is 672 Å². The van der Waals surface area contributed by atoms with E-state index in [-0.39, 0.29) is 0 Å². The van der Waals surface area contributed by atoms with E-state index in [1.54, 1.807) is 0 Å². The van der Waals surface area contributed by atoms with Crippen LogP contribution in [0.3, 0.4) is 0 Å². The molecule has 95 heavy (non-hydrogen) atoms. The predicted molar refractivity (Wildman–Crippen MR) is 547 cm³/mol. The minimum absolute atomic E-state index is 0.990. The maximum atomic E-state index is 7.27. The Morgan fingerprint density at radius 3 is 0.232 bits per heavy atom. The molecule has 0 aliphatic heterocycles. The first-order valence-electron chi connectivity index (χ1n) is 31.3. The van der Waals surface area contributed by atoms with Crippen molar-refractivity contribution in [3.63, 3.8) is 0 Å². The lowest BCUT2D eigenvalue weighted by molar-refractivity contribution is 3.13. The molecule has 0 amide bonds. The van der Waals surface area contributed by atoms with E-state index < -0.39 is 294 Å². The summed E-state index contributed by atoms with van der Waals surface area (Å²) in [5.41, 5.74) is 0. The molecule has 286 valence electrons. The van der Waals surface area contributed by atoms with Crippen molar-refractivity contribution in [3.8, 4) is 0 Å². The zero-order valence-corrected chi connectivity index (χ0v) is 54.8. The maximum absolute atomic E-state index is 7.27. The predicted octanol–water partition coefficient (Wildman–Crippen LogP) is -36.2. The molecule has 0 fully saturated rings. The molecule has 0 aliphatic carbocycles. The van der Waals surface area contributed by atoms with Crippen LogP contribution in [0.25, 0.3) is 0 Å². The van der Waals surface area contributed by atoms with E-state index in [4.69, 9.17) is 371 Å². The van der Waals surface area contributed by atoms with Gasteiger partial charge >= 0.3 is 0 Å². The van der Waals surface area contributed by atoms with Crippen LogP contribution in [0.2, 0.25) is 0 Å². The maximum Gasteiger partial charge on any atom is 0 e. The van der Waals surface area contributed by atoms with Crippen LogP contribution in [0.15, 0.2) is 0 Å². The first-order chi connectivity index (χ1) is 43.3. The molecule has 0 atom stereocenters. The number of rotatable bonds is 46. The van der Waals surface area contributed by atoms with Crippen molar-refractivity contribution in [1.82, 2.24) is 0 Å². The molecule has 0 rings (SSSR count). The molecule has 0 aromatic carbocycles. The van der Waals surface area contributed by atoms with Gasteiger partial charge in [0.25, 0.3) is 0 Å². The van der Waals surface area contributed by atoms with E-state index >= 15 is 0 Å². The Hall–Kier alpha value is 6.17. The van der Waals surface area contributed by atoms with Gasteiger partial charge in [-0.3, -0.25) is 7.06 Å².